The summed E-state index contributed by atoms with van der Waals surface area (Å²) >= 11 is 12.9. The lowest BCUT2D eigenvalue weighted by Crippen LogP contribution is -2.12. The molecule has 1 aliphatic carbocycles. The second-order valence-corrected chi connectivity index (χ2v) is 5.79. The lowest BCUT2D eigenvalue weighted by Gasteiger charge is -2.20. The first-order chi connectivity index (χ1) is 7.02. The van der Waals surface area contributed by atoms with E-state index in [1.165, 1.54) is 5.57 Å². The van der Waals surface area contributed by atoms with Crippen molar-refractivity contribution in [2.24, 2.45) is 11.3 Å². The van der Waals surface area contributed by atoms with Crippen molar-refractivity contribution in [1.29, 1.82) is 0 Å². The van der Waals surface area contributed by atoms with Crippen LogP contribution >= 0.6 is 23.2 Å². The average Bonchev–Trinajstić information content (AvgIpc) is 2.71. The van der Waals surface area contributed by atoms with Crippen molar-refractivity contribution in [3.8, 4) is 0 Å². The zero-order chi connectivity index (χ0) is 11.7. The van der Waals surface area contributed by atoms with Gasteiger partial charge in [-0.05, 0) is 25.7 Å². The molecule has 0 aromatic rings. The molecule has 1 rings (SSSR count). The zero-order valence-electron chi connectivity index (χ0n) is 10.2. The zero-order valence-corrected chi connectivity index (χ0v) is 11.8. The Balaban J connectivity index is 3.03. The fourth-order valence-corrected chi connectivity index (χ4v) is 4.52. The van der Waals surface area contributed by atoms with Gasteiger partial charge in [0.1, 0.15) is 4.33 Å². The Morgan fingerprint density at radius 1 is 1.20 bits per heavy atom. The molecular weight excluding hydrogens is 227 g/mol. The van der Waals surface area contributed by atoms with Crippen LogP contribution in [0.4, 0.5) is 0 Å². The van der Waals surface area contributed by atoms with Crippen LogP contribution in [-0.4, -0.2) is 4.33 Å². The van der Waals surface area contributed by atoms with Gasteiger partial charge in [-0.2, -0.15) is 0 Å². The summed E-state index contributed by atoms with van der Waals surface area (Å²) in [6, 6.07) is 0. The van der Waals surface area contributed by atoms with Gasteiger partial charge in [-0.15, -0.1) is 23.2 Å². The topological polar surface area (TPSA) is 0 Å². The van der Waals surface area contributed by atoms with E-state index < -0.39 is 4.33 Å². The Bertz CT molecular complexity index is 255. The SMILES string of the molecule is CC/C=C(\CC)[C@@]1(CC)[C@H](CC)C1(Cl)Cl. The molecule has 0 unspecified atom stereocenters. The number of halogens is 2. The molecule has 1 aliphatic rings. The molecule has 0 heterocycles. The highest BCUT2D eigenvalue weighted by atomic mass is 35.5. The van der Waals surface area contributed by atoms with Gasteiger partial charge in [-0.1, -0.05) is 39.3 Å². The molecule has 0 bridgehead atoms. The minimum Gasteiger partial charge on any atom is -0.100 e. The van der Waals surface area contributed by atoms with Crippen molar-refractivity contribution in [1.82, 2.24) is 0 Å². The Labute approximate surface area is 104 Å². The number of rotatable bonds is 5. The molecule has 0 spiro atoms. The molecule has 2 atom stereocenters. The number of hydrogen-bond acceptors (Lipinski definition) is 0. The molecule has 1 saturated carbocycles. The molecule has 0 aliphatic heterocycles. The van der Waals surface area contributed by atoms with Crippen LogP contribution in [0.3, 0.4) is 0 Å². The van der Waals surface area contributed by atoms with E-state index in [9.17, 15) is 0 Å². The van der Waals surface area contributed by atoms with Crippen LogP contribution in [-0.2, 0) is 0 Å². The second-order valence-electron chi connectivity index (χ2n) is 4.40. The van der Waals surface area contributed by atoms with Crippen LogP contribution in [0.5, 0.6) is 0 Å². The smallest absolute Gasteiger partial charge is 0.100 e. The minimum atomic E-state index is -0.520. The third-order valence-corrected chi connectivity index (χ3v) is 5.12. The molecule has 0 aromatic carbocycles. The van der Waals surface area contributed by atoms with Gasteiger partial charge in [0.25, 0.3) is 0 Å². The van der Waals surface area contributed by atoms with E-state index in [1.54, 1.807) is 0 Å². The van der Waals surface area contributed by atoms with Crippen molar-refractivity contribution in [3.05, 3.63) is 11.6 Å². The second kappa shape index (κ2) is 4.67. The summed E-state index contributed by atoms with van der Waals surface area (Å²) in [4.78, 5) is 0. The Hall–Kier alpha value is 0.320. The van der Waals surface area contributed by atoms with Gasteiger partial charge in [-0.25, -0.2) is 0 Å². The maximum absolute atomic E-state index is 6.46. The van der Waals surface area contributed by atoms with Crippen LogP contribution < -0.4 is 0 Å². The van der Waals surface area contributed by atoms with E-state index in [0.717, 1.165) is 25.7 Å². The highest BCUT2D eigenvalue weighted by Gasteiger charge is 2.74. The van der Waals surface area contributed by atoms with Crippen LogP contribution in [0.1, 0.15) is 53.4 Å². The normalized spacial score (nSPS) is 34.3. The molecule has 0 amide bonds. The van der Waals surface area contributed by atoms with Gasteiger partial charge in [0.05, 0.1) is 0 Å². The maximum atomic E-state index is 6.46. The summed E-state index contributed by atoms with van der Waals surface area (Å²) in [5.41, 5.74) is 1.53. The Morgan fingerprint density at radius 3 is 2.07 bits per heavy atom. The van der Waals surface area contributed by atoms with Gasteiger partial charge in [0.15, 0.2) is 0 Å². The summed E-state index contributed by atoms with van der Waals surface area (Å²) in [5, 5.41) is 0. The monoisotopic (exact) mass is 248 g/mol. The molecule has 0 nitrogen and oxygen atoms in total. The van der Waals surface area contributed by atoms with Crippen LogP contribution in [0.15, 0.2) is 11.6 Å². The fraction of sp³-hybridized carbons (Fsp3) is 0.846. The van der Waals surface area contributed by atoms with E-state index in [0.29, 0.717) is 5.92 Å². The maximum Gasteiger partial charge on any atom is 0.131 e. The van der Waals surface area contributed by atoms with E-state index in [-0.39, 0.29) is 5.41 Å². The molecule has 0 saturated heterocycles. The first kappa shape index (κ1) is 13.4. The summed E-state index contributed by atoms with van der Waals surface area (Å²) in [6.07, 6.45) is 6.59. The largest absolute Gasteiger partial charge is 0.131 e. The molecule has 0 N–H and O–H groups in total. The summed E-state index contributed by atoms with van der Waals surface area (Å²) in [6.45, 7) is 8.76. The Kier molecular flexibility index (Phi) is 4.17. The van der Waals surface area contributed by atoms with Crippen molar-refractivity contribution < 1.29 is 0 Å². The number of allylic oxidation sites excluding steroid dienone is 2. The molecule has 2 heteroatoms. The standard InChI is InChI=1S/C13H22Cl2/c1-5-9-10(6-2)12(8-4)11(7-3)13(12,14)15/h9,11H,5-8H2,1-4H3/b10-9+/t11-,12-/m0/s1. The van der Waals surface area contributed by atoms with Gasteiger partial charge in [0.2, 0.25) is 0 Å². The van der Waals surface area contributed by atoms with Crippen LogP contribution in [0, 0.1) is 11.3 Å². The van der Waals surface area contributed by atoms with Crippen molar-refractivity contribution in [2.45, 2.75) is 57.7 Å². The summed E-state index contributed by atoms with van der Waals surface area (Å²) < 4.78 is -0.520. The van der Waals surface area contributed by atoms with Crippen molar-refractivity contribution in [3.63, 3.8) is 0 Å². The molecule has 0 aromatic heterocycles. The van der Waals surface area contributed by atoms with Crippen LogP contribution in [0.2, 0.25) is 0 Å². The fourth-order valence-electron chi connectivity index (χ4n) is 3.17. The van der Waals surface area contributed by atoms with Crippen molar-refractivity contribution >= 4 is 23.2 Å². The summed E-state index contributed by atoms with van der Waals surface area (Å²) in [7, 11) is 0. The first-order valence-electron chi connectivity index (χ1n) is 6.10. The molecular formula is C13H22Cl2. The minimum absolute atomic E-state index is 0.0651. The predicted octanol–water partition coefficient (Wildman–Crippen LogP) is 5.34. The van der Waals surface area contributed by atoms with Crippen LogP contribution in [0.25, 0.3) is 0 Å². The van der Waals surface area contributed by atoms with Gasteiger partial charge in [0, 0.05) is 11.3 Å². The van der Waals surface area contributed by atoms with E-state index in [1.807, 2.05) is 0 Å². The van der Waals surface area contributed by atoms with E-state index in [4.69, 9.17) is 23.2 Å². The lowest BCUT2D eigenvalue weighted by molar-refractivity contribution is 0.489. The highest BCUT2D eigenvalue weighted by Crippen LogP contribution is 2.75. The van der Waals surface area contributed by atoms with Gasteiger partial charge < -0.3 is 0 Å². The molecule has 15 heavy (non-hydrogen) atoms. The average molecular weight is 249 g/mol. The highest BCUT2D eigenvalue weighted by molar-refractivity contribution is 6.52. The Morgan fingerprint density at radius 2 is 1.80 bits per heavy atom. The van der Waals surface area contributed by atoms with Crippen molar-refractivity contribution in [2.75, 3.05) is 0 Å². The number of hydrogen-bond donors (Lipinski definition) is 0. The summed E-state index contributed by atoms with van der Waals surface area (Å²) in [5.74, 6) is 0.441. The lowest BCUT2D eigenvalue weighted by atomic mass is 9.87. The first-order valence-corrected chi connectivity index (χ1v) is 6.85. The van der Waals surface area contributed by atoms with Gasteiger partial charge in [-0.3, -0.25) is 0 Å². The third-order valence-electron chi connectivity index (χ3n) is 3.91. The van der Waals surface area contributed by atoms with Gasteiger partial charge >= 0.3 is 0 Å². The predicted molar refractivity (Wildman–Crippen MR) is 69.6 cm³/mol. The third kappa shape index (κ3) is 1.74. The van der Waals surface area contributed by atoms with E-state index in [2.05, 4.69) is 33.8 Å². The quantitative estimate of drug-likeness (QED) is 0.455. The molecule has 1 fully saturated rings. The molecule has 0 radical (unpaired) electrons. The number of alkyl halides is 2. The molecule has 88 valence electrons. The van der Waals surface area contributed by atoms with E-state index >= 15 is 0 Å².